The lowest BCUT2D eigenvalue weighted by molar-refractivity contribution is -0.137. The molecule has 0 saturated heterocycles. The van der Waals surface area contributed by atoms with Gasteiger partial charge in [0.1, 0.15) is 0 Å². The predicted molar refractivity (Wildman–Crippen MR) is 80.6 cm³/mol. The molecule has 4 heteroatoms. The molecular weight excluding hydrogens is 289 g/mol. The quantitative estimate of drug-likeness (QED) is 0.772. The number of fused-ring (bicyclic) bond motifs is 1. The van der Waals surface area contributed by atoms with Crippen LogP contribution in [0, 0.1) is 0 Å². The van der Waals surface area contributed by atoms with Gasteiger partial charge in [0.05, 0.1) is 6.04 Å². The zero-order valence-corrected chi connectivity index (χ0v) is 12.1. The first kappa shape index (κ1) is 14.1. The summed E-state index contributed by atoms with van der Waals surface area (Å²) in [5.74, 6) is -0.667. The van der Waals surface area contributed by atoms with Crippen LogP contribution < -0.4 is 0 Å². The van der Waals surface area contributed by atoms with Crippen molar-refractivity contribution >= 4 is 17.5 Å². The first-order chi connectivity index (χ1) is 10.2. The highest BCUT2D eigenvalue weighted by Crippen LogP contribution is 2.34. The van der Waals surface area contributed by atoms with Crippen LogP contribution in [0.2, 0.25) is 0 Å². The highest BCUT2D eigenvalue weighted by atomic mass is 35.5. The van der Waals surface area contributed by atoms with Crippen molar-refractivity contribution in [2.75, 3.05) is 0 Å². The Kier molecular flexibility index (Phi) is 3.93. The summed E-state index contributed by atoms with van der Waals surface area (Å²) in [7, 11) is 0. The predicted octanol–water partition coefficient (Wildman–Crippen LogP) is 3.85. The Labute approximate surface area is 128 Å². The molecule has 1 aliphatic rings. The fourth-order valence-electron chi connectivity index (χ4n) is 2.85. The van der Waals surface area contributed by atoms with Crippen LogP contribution in [0.25, 0.3) is 0 Å². The molecule has 1 aliphatic heterocycles. The van der Waals surface area contributed by atoms with Crippen LogP contribution in [-0.4, -0.2) is 16.4 Å². The number of nitrogens with zero attached hydrogens (tertiary/aromatic N) is 1. The van der Waals surface area contributed by atoms with E-state index in [0.29, 0.717) is 13.0 Å². The Morgan fingerprint density at radius 2 is 1.71 bits per heavy atom. The molecule has 108 valence electrons. The number of alkyl halides is 2. The number of hydrogen-bond donors (Lipinski definition) is 0. The molecule has 2 aromatic rings. The minimum atomic E-state index is -2.00. The molecule has 0 aromatic heterocycles. The van der Waals surface area contributed by atoms with Gasteiger partial charge in [0, 0.05) is 6.54 Å². The lowest BCUT2D eigenvalue weighted by Crippen LogP contribution is -2.41. The average molecular weight is 304 g/mol. The van der Waals surface area contributed by atoms with Crippen LogP contribution in [-0.2, 0) is 17.8 Å². The highest BCUT2D eigenvalue weighted by Gasteiger charge is 2.33. The fourth-order valence-corrected chi connectivity index (χ4v) is 2.98. The molecule has 0 aliphatic carbocycles. The third-order valence-corrected chi connectivity index (χ3v) is 4.09. The number of halogens is 2. The molecule has 0 fully saturated rings. The standard InChI is InChI=1S/C17H15ClFNO/c18-16(19)17(21)20-11-14-9-5-4-8-13(14)10-15(20)12-6-2-1-3-7-12/h1-9,15-16H,10-11H2. The van der Waals surface area contributed by atoms with E-state index in [-0.39, 0.29) is 6.04 Å². The Morgan fingerprint density at radius 1 is 1.10 bits per heavy atom. The summed E-state index contributed by atoms with van der Waals surface area (Å²) >= 11 is 5.38. The van der Waals surface area contributed by atoms with Gasteiger partial charge in [-0.15, -0.1) is 0 Å². The Balaban J connectivity index is 2.01. The van der Waals surface area contributed by atoms with Gasteiger partial charge in [-0.05, 0) is 23.1 Å². The van der Waals surface area contributed by atoms with E-state index in [1.165, 1.54) is 10.5 Å². The Bertz CT molecular complexity index is 644. The summed E-state index contributed by atoms with van der Waals surface area (Å²) in [6, 6.07) is 17.4. The summed E-state index contributed by atoms with van der Waals surface area (Å²) in [5, 5.41) is 0. The van der Waals surface area contributed by atoms with Gasteiger partial charge < -0.3 is 4.90 Å². The van der Waals surface area contributed by atoms with Gasteiger partial charge in [-0.3, -0.25) is 4.79 Å². The molecule has 21 heavy (non-hydrogen) atoms. The number of amides is 1. The van der Waals surface area contributed by atoms with Gasteiger partial charge in [-0.2, -0.15) is 0 Å². The molecule has 0 radical (unpaired) electrons. The summed E-state index contributed by atoms with van der Waals surface area (Å²) in [6.07, 6.45) is 0.676. The topological polar surface area (TPSA) is 20.3 Å². The maximum Gasteiger partial charge on any atom is 0.273 e. The minimum absolute atomic E-state index is 0.175. The second-order valence-corrected chi connectivity index (χ2v) is 5.55. The zero-order chi connectivity index (χ0) is 14.8. The van der Waals surface area contributed by atoms with Crippen LogP contribution in [0.15, 0.2) is 54.6 Å². The van der Waals surface area contributed by atoms with E-state index >= 15 is 0 Å². The molecule has 2 nitrogen and oxygen atoms in total. The van der Waals surface area contributed by atoms with E-state index in [2.05, 4.69) is 6.07 Å². The third kappa shape index (κ3) is 2.79. The molecule has 0 spiro atoms. The molecule has 3 rings (SSSR count). The van der Waals surface area contributed by atoms with Crippen molar-refractivity contribution < 1.29 is 9.18 Å². The summed E-state index contributed by atoms with van der Waals surface area (Å²) < 4.78 is 13.3. The van der Waals surface area contributed by atoms with Crippen LogP contribution in [0.4, 0.5) is 4.39 Å². The number of carbonyl (C=O) groups excluding carboxylic acids is 1. The second kappa shape index (κ2) is 5.86. The average Bonchev–Trinajstić information content (AvgIpc) is 2.53. The van der Waals surface area contributed by atoms with E-state index in [1.54, 1.807) is 0 Å². The van der Waals surface area contributed by atoms with Crippen molar-refractivity contribution in [3.05, 3.63) is 71.3 Å². The van der Waals surface area contributed by atoms with Gasteiger partial charge in [0.15, 0.2) is 0 Å². The van der Waals surface area contributed by atoms with E-state index in [0.717, 1.165) is 11.1 Å². The molecule has 2 unspecified atom stereocenters. The number of hydrogen-bond acceptors (Lipinski definition) is 1. The van der Waals surface area contributed by atoms with Crippen molar-refractivity contribution in [2.45, 2.75) is 24.6 Å². The van der Waals surface area contributed by atoms with E-state index < -0.39 is 11.5 Å². The van der Waals surface area contributed by atoms with Crippen molar-refractivity contribution in [2.24, 2.45) is 0 Å². The van der Waals surface area contributed by atoms with E-state index in [4.69, 9.17) is 11.6 Å². The third-order valence-electron chi connectivity index (χ3n) is 3.90. The summed E-state index contributed by atoms with van der Waals surface area (Å²) in [6.45, 7) is 0.391. The molecule has 0 N–H and O–H groups in total. The lowest BCUT2D eigenvalue weighted by atomic mass is 9.90. The van der Waals surface area contributed by atoms with Gasteiger partial charge in [0.2, 0.25) is 0 Å². The van der Waals surface area contributed by atoms with Crippen LogP contribution in [0.3, 0.4) is 0 Å². The zero-order valence-electron chi connectivity index (χ0n) is 11.4. The molecule has 0 saturated carbocycles. The molecular formula is C17H15ClFNO. The highest BCUT2D eigenvalue weighted by molar-refractivity contribution is 6.29. The van der Waals surface area contributed by atoms with Gasteiger partial charge in [0.25, 0.3) is 11.5 Å². The number of rotatable bonds is 2. The number of benzene rings is 2. The first-order valence-corrected chi connectivity index (χ1v) is 7.31. The maximum absolute atomic E-state index is 13.3. The maximum atomic E-state index is 13.3. The van der Waals surface area contributed by atoms with E-state index in [9.17, 15) is 9.18 Å². The monoisotopic (exact) mass is 303 g/mol. The normalized spacial score (nSPS) is 19.0. The van der Waals surface area contributed by atoms with Crippen molar-refractivity contribution in [1.82, 2.24) is 4.90 Å². The number of carbonyl (C=O) groups is 1. The van der Waals surface area contributed by atoms with Crippen molar-refractivity contribution in [1.29, 1.82) is 0 Å². The van der Waals surface area contributed by atoms with Crippen LogP contribution in [0.1, 0.15) is 22.7 Å². The Morgan fingerprint density at radius 3 is 2.38 bits per heavy atom. The Hall–Kier alpha value is -1.87. The largest absolute Gasteiger partial charge is 0.327 e. The van der Waals surface area contributed by atoms with Crippen LogP contribution >= 0.6 is 11.6 Å². The lowest BCUT2D eigenvalue weighted by Gasteiger charge is -2.37. The van der Waals surface area contributed by atoms with Crippen molar-refractivity contribution in [3.8, 4) is 0 Å². The fraction of sp³-hybridized carbons (Fsp3) is 0.235. The second-order valence-electron chi connectivity index (χ2n) is 5.17. The molecule has 2 atom stereocenters. The summed E-state index contributed by atoms with van der Waals surface area (Å²) in [5.41, 5.74) is 1.25. The van der Waals surface area contributed by atoms with Gasteiger partial charge in [-0.25, -0.2) is 4.39 Å². The molecule has 1 amide bonds. The van der Waals surface area contributed by atoms with Gasteiger partial charge in [-0.1, -0.05) is 66.2 Å². The molecule has 2 aromatic carbocycles. The van der Waals surface area contributed by atoms with Crippen molar-refractivity contribution in [3.63, 3.8) is 0 Å². The smallest absolute Gasteiger partial charge is 0.273 e. The molecule has 0 bridgehead atoms. The SMILES string of the molecule is O=C(C(F)Cl)N1Cc2ccccc2CC1c1ccccc1. The first-order valence-electron chi connectivity index (χ1n) is 6.87. The van der Waals surface area contributed by atoms with Crippen LogP contribution in [0.5, 0.6) is 0 Å². The summed E-state index contributed by atoms with van der Waals surface area (Å²) in [4.78, 5) is 13.6. The minimum Gasteiger partial charge on any atom is -0.327 e. The van der Waals surface area contributed by atoms with Gasteiger partial charge >= 0.3 is 0 Å². The molecule has 1 heterocycles. The van der Waals surface area contributed by atoms with E-state index in [1.807, 2.05) is 48.5 Å².